The number of rotatable bonds is 3. The van der Waals surface area contributed by atoms with E-state index in [9.17, 15) is 4.39 Å². The van der Waals surface area contributed by atoms with Crippen LogP contribution in [-0.4, -0.2) is 12.1 Å². The van der Waals surface area contributed by atoms with Crippen molar-refractivity contribution < 1.29 is 4.39 Å². The van der Waals surface area contributed by atoms with Crippen LogP contribution in [0.25, 0.3) is 0 Å². The summed E-state index contributed by atoms with van der Waals surface area (Å²) < 4.78 is 13.6. The summed E-state index contributed by atoms with van der Waals surface area (Å²) in [6, 6.07) is 0. The molecule has 1 rings (SSSR count). The quantitative estimate of drug-likeness (QED) is 0.316. The van der Waals surface area contributed by atoms with Crippen LogP contribution in [0, 0.1) is 5.92 Å². The molecule has 2 N–H and O–H groups in total. The minimum atomic E-state index is -0.293. The largest absolute Gasteiger partial charge is 0.290 e. The maximum absolute atomic E-state index is 13.6. The van der Waals surface area contributed by atoms with Crippen LogP contribution >= 0.6 is 0 Å². The molecule has 0 saturated heterocycles. The Morgan fingerprint density at radius 3 is 2.38 bits per heavy atom. The maximum Gasteiger partial charge on any atom is 0.207 e. The molecule has 0 spiro atoms. The molecule has 74 valence electrons. The zero-order valence-electron chi connectivity index (χ0n) is 8.47. The average Bonchev–Trinajstić information content (AvgIpc) is 2.88. The van der Waals surface area contributed by atoms with Gasteiger partial charge in [0.15, 0.2) is 0 Å². The van der Waals surface area contributed by atoms with Crippen LogP contribution in [0.15, 0.2) is 23.2 Å². The predicted molar refractivity (Wildman–Crippen MR) is 52.2 cm³/mol. The first kappa shape index (κ1) is 10.3. The fourth-order valence-corrected chi connectivity index (χ4v) is 1.37. The van der Waals surface area contributed by atoms with Gasteiger partial charge in [-0.15, -0.1) is 0 Å². The van der Waals surface area contributed by atoms with Gasteiger partial charge in [-0.3, -0.25) is 5.01 Å². The summed E-state index contributed by atoms with van der Waals surface area (Å²) >= 11 is 0. The molecule has 0 atom stereocenters. The van der Waals surface area contributed by atoms with Gasteiger partial charge in [0, 0.05) is 12.6 Å². The van der Waals surface area contributed by atoms with E-state index in [2.05, 4.69) is 0 Å². The Hall–Kier alpha value is -0.830. The van der Waals surface area contributed by atoms with Gasteiger partial charge >= 0.3 is 0 Å². The SMILES string of the molecule is C/C=C(C)\C(=C(\F)N(C)N)C1CC1. The smallest absolute Gasteiger partial charge is 0.207 e. The van der Waals surface area contributed by atoms with Gasteiger partial charge in [0.2, 0.25) is 5.95 Å². The first-order valence-corrected chi connectivity index (χ1v) is 4.59. The van der Waals surface area contributed by atoms with Crippen molar-refractivity contribution in [3.8, 4) is 0 Å². The Morgan fingerprint density at radius 2 is 2.08 bits per heavy atom. The molecular formula is C10H17FN2. The molecule has 1 aliphatic rings. The molecule has 0 radical (unpaired) electrons. The first-order chi connectivity index (χ1) is 6.07. The Kier molecular flexibility index (Phi) is 3.09. The number of halogens is 1. The molecule has 0 amide bonds. The lowest BCUT2D eigenvalue weighted by atomic mass is 10.0. The monoisotopic (exact) mass is 184 g/mol. The molecule has 1 fully saturated rings. The van der Waals surface area contributed by atoms with Gasteiger partial charge in [0.1, 0.15) is 0 Å². The Balaban J connectivity index is 2.96. The number of hydrogen-bond acceptors (Lipinski definition) is 2. The number of nitrogens with zero attached hydrogens (tertiary/aromatic N) is 1. The van der Waals surface area contributed by atoms with E-state index in [0.717, 1.165) is 29.0 Å². The molecule has 0 unspecified atom stereocenters. The zero-order chi connectivity index (χ0) is 10.0. The minimum Gasteiger partial charge on any atom is -0.290 e. The highest BCUT2D eigenvalue weighted by Crippen LogP contribution is 2.41. The van der Waals surface area contributed by atoms with Crippen molar-refractivity contribution in [2.24, 2.45) is 11.8 Å². The lowest BCUT2D eigenvalue weighted by Gasteiger charge is -2.14. The molecule has 0 bridgehead atoms. The van der Waals surface area contributed by atoms with E-state index in [1.54, 1.807) is 0 Å². The lowest BCUT2D eigenvalue weighted by Crippen LogP contribution is -2.24. The van der Waals surface area contributed by atoms with Gasteiger partial charge in [-0.25, -0.2) is 5.84 Å². The van der Waals surface area contributed by atoms with E-state index in [4.69, 9.17) is 5.84 Å². The summed E-state index contributed by atoms with van der Waals surface area (Å²) in [5.41, 5.74) is 1.78. The normalized spacial score (nSPS) is 19.9. The molecule has 0 aliphatic heterocycles. The van der Waals surface area contributed by atoms with Crippen LogP contribution in [0.3, 0.4) is 0 Å². The van der Waals surface area contributed by atoms with Crippen LogP contribution in [-0.2, 0) is 0 Å². The van der Waals surface area contributed by atoms with Crippen molar-refractivity contribution >= 4 is 0 Å². The molecule has 0 aromatic heterocycles. The number of allylic oxidation sites excluding steroid dienone is 3. The van der Waals surface area contributed by atoms with Gasteiger partial charge in [-0.2, -0.15) is 4.39 Å². The Labute approximate surface area is 78.9 Å². The second-order valence-electron chi connectivity index (χ2n) is 3.56. The molecule has 0 heterocycles. The van der Waals surface area contributed by atoms with E-state index in [1.807, 2.05) is 19.9 Å². The second kappa shape index (κ2) is 3.92. The van der Waals surface area contributed by atoms with Crippen LogP contribution in [0.5, 0.6) is 0 Å². The summed E-state index contributed by atoms with van der Waals surface area (Å²) in [5, 5.41) is 1.06. The molecule has 3 heteroatoms. The zero-order valence-corrected chi connectivity index (χ0v) is 8.47. The fraction of sp³-hybridized carbons (Fsp3) is 0.600. The molecule has 0 aromatic rings. The van der Waals surface area contributed by atoms with Crippen molar-refractivity contribution in [1.82, 2.24) is 5.01 Å². The summed E-state index contributed by atoms with van der Waals surface area (Å²) in [5.74, 6) is 5.47. The fourth-order valence-electron chi connectivity index (χ4n) is 1.37. The van der Waals surface area contributed by atoms with E-state index in [-0.39, 0.29) is 5.95 Å². The van der Waals surface area contributed by atoms with Gasteiger partial charge in [0.25, 0.3) is 0 Å². The second-order valence-corrected chi connectivity index (χ2v) is 3.56. The van der Waals surface area contributed by atoms with Crippen molar-refractivity contribution in [2.45, 2.75) is 26.7 Å². The number of hydrazine groups is 1. The molecule has 1 aliphatic carbocycles. The van der Waals surface area contributed by atoms with E-state index < -0.39 is 0 Å². The van der Waals surface area contributed by atoms with Gasteiger partial charge in [0.05, 0.1) is 0 Å². The van der Waals surface area contributed by atoms with Gasteiger partial charge < -0.3 is 0 Å². The highest BCUT2D eigenvalue weighted by molar-refractivity contribution is 5.35. The van der Waals surface area contributed by atoms with E-state index >= 15 is 0 Å². The maximum atomic E-state index is 13.6. The summed E-state index contributed by atoms with van der Waals surface area (Å²) in [6.07, 6.45) is 4.10. The Morgan fingerprint density at radius 1 is 1.54 bits per heavy atom. The third-order valence-electron chi connectivity index (χ3n) is 2.38. The molecular weight excluding hydrogens is 167 g/mol. The molecule has 13 heavy (non-hydrogen) atoms. The average molecular weight is 184 g/mol. The minimum absolute atomic E-state index is 0.293. The van der Waals surface area contributed by atoms with Crippen LogP contribution in [0.4, 0.5) is 4.39 Å². The summed E-state index contributed by atoms with van der Waals surface area (Å²) in [7, 11) is 1.53. The predicted octanol–water partition coefficient (Wildman–Crippen LogP) is 2.35. The van der Waals surface area contributed by atoms with Crippen molar-refractivity contribution in [3.63, 3.8) is 0 Å². The third kappa shape index (κ3) is 2.31. The van der Waals surface area contributed by atoms with Crippen LogP contribution in [0.2, 0.25) is 0 Å². The topological polar surface area (TPSA) is 29.3 Å². The lowest BCUT2D eigenvalue weighted by molar-refractivity contribution is 0.321. The molecule has 1 saturated carbocycles. The number of nitrogens with two attached hydrogens (primary N) is 1. The van der Waals surface area contributed by atoms with Crippen LogP contribution in [0.1, 0.15) is 26.7 Å². The van der Waals surface area contributed by atoms with Crippen molar-refractivity contribution in [2.75, 3.05) is 7.05 Å². The molecule has 0 aromatic carbocycles. The highest BCUT2D eigenvalue weighted by Gasteiger charge is 2.30. The standard InChI is InChI=1S/C10H17FN2/c1-4-7(2)9(8-5-6-8)10(11)13(3)12/h4,8H,5-6,12H2,1-3H3/b7-4-,10-9+. The van der Waals surface area contributed by atoms with Gasteiger partial charge in [-0.1, -0.05) is 6.08 Å². The third-order valence-corrected chi connectivity index (χ3v) is 2.38. The Bertz CT molecular complexity index is 250. The highest BCUT2D eigenvalue weighted by atomic mass is 19.1. The van der Waals surface area contributed by atoms with E-state index in [1.165, 1.54) is 7.05 Å². The van der Waals surface area contributed by atoms with Crippen molar-refractivity contribution in [3.05, 3.63) is 23.2 Å². The summed E-state index contributed by atoms with van der Waals surface area (Å²) in [6.45, 7) is 3.85. The van der Waals surface area contributed by atoms with Crippen LogP contribution < -0.4 is 5.84 Å². The first-order valence-electron chi connectivity index (χ1n) is 4.59. The number of hydrogen-bond donors (Lipinski definition) is 1. The van der Waals surface area contributed by atoms with Crippen molar-refractivity contribution in [1.29, 1.82) is 0 Å². The van der Waals surface area contributed by atoms with Gasteiger partial charge in [-0.05, 0) is 38.2 Å². The molecule has 2 nitrogen and oxygen atoms in total. The summed E-state index contributed by atoms with van der Waals surface area (Å²) in [4.78, 5) is 0. The van der Waals surface area contributed by atoms with E-state index in [0.29, 0.717) is 5.92 Å².